The third-order valence-electron chi connectivity index (χ3n) is 4.67. The SMILES string of the molecule is O=C(CC1CCCCC1)Nc1cn(CCO)c2cccc(Cl)c12. The van der Waals surface area contributed by atoms with E-state index >= 15 is 0 Å². The van der Waals surface area contributed by atoms with Crippen LogP contribution >= 0.6 is 11.6 Å². The van der Waals surface area contributed by atoms with Crippen molar-refractivity contribution >= 4 is 34.1 Å². The Bertz CT molecular complexity index is 690. The number of aliphatic hydroxyl groups excluding tert-OH is 1. The number of nitrogens with zero attached hydrogens (tertiary/aromatic N) is 1. The van der Waals surface area contributed by atoms with E-state index in [9.17, 15) is 9.90 Å². The van der Waals surface area contributed by atoms with Gasteiger partial charge in [-0.2, -0.15) is 0 Å². The van der Waals surface area contributed by atoms with Gasteiger partial charge in [0.15, 0.2) is 0 Å². The first-order valence-corrected chi connectivity index (χ1v) is 8.75. The minimum absolute atomic E-state index is 0.0474. The second-order valence-corrected chi connectivity index (χ2v) is 6.76. The van der Waals surface area contributed by atoms with Gasteiger partial charge in [0.25, 0.3) is 0 Å². The van der Waals surface area contributed by atoms with Crippen LogP contribution in [-0.2, 0) is 11.3 Å². The zero-order chi connectivity index (χ0) is 16.2. The number of carbonyl (C=O) groups is 1. The Balaban J connectivity index is 1.80. The molecule has 0 spiro atoms. The van der Waals surface area contributed by atoms with Crippen LogP contribution in [0.15, 0.2) is 24.4 Å². The molecule has 4 nitrogen and oxygen atoms in total. The van der Waals surface area contributed by atoms with Crippen molar-refractivity contribution < 1.29 is 9.90 Å². The lowest BCUT2D eigenvalue weighted by Gasteiger charge is -2.20. The van der Waals surface area contributed by atoms with Crippen molar-refractivity contribution in [2.24, 2.45) is 5.92 Å². The Kier molecular flexibility index (Phi) is 5.23. The summed E-state index contributed by atoms with van der Waals surface area (Å²) in [5.74, 6) is 0.560. The Morgan fingerprint density at radius 1 is 1.30 bits per heavy atom. The Morgan fingerprint density at radius 3 is 2.83 bits per heavy atom. The fourth-order valence-corrected chi connectivity index (χ4v) is 3.82. The highest BCUT2D eigenvalue weighted by Gasteiger charge is 2.19. The maximum absolute atomic E-state index is 12.4. The lowest BCUT2D eigenvalue weighted by molar-refractivity contribution is -0.117. The van der Waals surface area contributed by atoms with Gasteiger partial charge in [0.1, 0.15) is 0 Å². The number of nitrogens with one attached hydrogen (secondary N) is 1. The first-order valence-electron chi connectivity index (χ1n) is 8.37. The topological polar surface area (TPSA) is 54.3 Å². The van der Waals surface area contributed by atoms with Gasteiger partial charge in [-0.25, -0.2) is 0 Å². The molecule has 1 aromatic heterocycles. The van der Waals surface area contributed by atoms with Crippen molar-refractivity contribution in [3.8, 4) is 0 Å². The van der Waals surface area contributed by atoms with E-state index in [1.54, 1.807) is 0 Å². The molecule has 0 saturated heterocycles. The van der Waals surface area contributed by atoms with Gasteiger partial charge >= 0.3 is 0 Å². The molecule has 1 aliphatic rings. The number of carbonyl (C=O) groups excluding carboxylic acids is 1. The summed E-state index contributed by atoms with van der Waals surface area (Å²) in [6, 6.07) is 5.66. The second-order valence-electron chi connectivity index (χ2n) is 6.35. The van der Waals surface area contributed by atoms with E-state index in [0.717, 1.165) is 29.4 Å². The minimum atomic E-state index is 0.0474. The number of aliphatic hydroxyl groups is 1. The summed E-state index contributed by atoms with van der Waals surface area (Å²) in [5.41, 5.74) is 1.67. The number of hydrogen-bond acceptors (Lipinski definition) is 2. The quantitative estimate of drug-likeness (QED) is 0.861. The van der Waals surface area contributed by atoms with Gasteiger partial charge < -0.3 is 15.0 Å². The fourth-order valence-electron chi connectivity index (χ4n) is 3.55. The third-order valence-corrected chi connectivity index (χ3v) is 4.98. The molecular weight excluding hydrogens is 312 g/mol. The van der Waals surface area contributed by atoms with Crippen LogP contribution in [0.4, 0.5) is 5.69 Å². The maximum atomic E-state index is 12.4. The summed E-state index contributed by atoms with van der Waals surface area (Å²) in [7, 11) is 0. The van der Waals surface area contributed by atoms with Crippen molar-refractivity contribution in [3.05, 3.63) is 29.4 Å². The average molecular weight is 335 g/mol. The van der Waals surface area contributed by atoms with Gasteiger partial charge in [-0.05, 0) is 30.9 Å². The molecule has 1 fully saturated rings. The smallest absolute Gasteiger partial charge is 0.224 e. The lowest BCUT2D eigenvalue weighted by Crippen LogP contribution is -2.18. The van der Waals surface area contributed by atoms with Crippen LogP contribution in [0.2, 0.25) is 5.02 Å². The summed E-state index contributed by atoms with van der Waals surface area (Å²) in [4.78, 5) is 12.4. The number of anilines is 1. The third kappa shape index (κ3) is 3.70. The number of rotatable bonds is 5. The number of aromatic nitrogens is 1. The summed E-state index contributed by atoms with van der Waals surface area (Å²) < 4.78 is 1.93. The summed E-state index contributed by atoms with van der Waals surface area (Å²) in [6.07, 6.45) is 8.52. The average Bonchev–Trinajstić information content (AvgIpc) is 2.88. The zero-order valence-electron chi connectivity index (χ0n) is 13.2. The Morgan fingerprint density at radius 2 is 2.09 bits per heavy atom. The van der Waals surface area contributed by atoms with Gasteiger partial charge in [-0.15, -0.1) is 0 Å². The van der Waals surface area contributed by atoms with Crippen LogP contribution in [0.3, 0.4) is 0 Å². The first kappa shape index (κ1) is 16.3. The molecular formula is C18H23ClN2O2. The number of halogens is 1. The highest BCUT2D eigenvalue weighted by atomic mass is 35.5. The maximum Gasteiger partial charge on any atom is 0.224 e. The summed E-state index contributed by atoms with van der Waals surface area (Å²) >= 11 is 6.32. The van der Waals surface area contributed by atoms with E-state index in [2.05, 4.69) is 5.32 Å². The van der Waals surface area contributed by atoms with E-state index < -0.39 is 0 Å². The van der Waals surface area contributed by atoms with Gasteiger partial charge in [0.05, 0.1) is 22.8 Å². The van der Waals surface area contributed by atoms with Crippen LogP contribution < -0.4 is 5.32 Å². The second kappa shape index (κ2) is 7.37. The molecule has 1 heterocycles. The summed E-state index contributed by atoms with van der Waals surface area (Å²) in [5, 5.41) is 13.7. The van der Waals surface area contributed by atoms with Gasteiger partial charge in [-0.1, -0.05) is 36.9 Å². The van der Waals surface area contributed by atoms with Crippen LogP contribution in [0, 0.1) is 5.92 Å². The minimum Gasteiger partial charge on any atom is -0.395 e. The fraction of sp³-hybridized carbons (Fsp3) is 0.500. The highest BCUT2D eigenvalue weighted by Crippen LogP contribution is 2.33. The monoisotopic (exact) mass is 334 g/mol. The van der Waals surface area contributed by atoms with E-state index in [0.29, 0.717) is 23.9 Å². The molecule has 5 heteroatoms. The molecule has 124 valence electrons. The Labute approximate surface area is 141 Å². The van der Waals surface area contributed by atoms with Crippen molar-refractivity contribution in [2.45, 2.75) is 45.1 Å². The van der Waals surface area contributed by atoms with Crippen LogP contribution in [0.5, 0.6) is 0 Å². The van der Waals surface area contributed by atoms with Crippen LogP contribution in [-0.4, -0.2) is 22.2 Å². The Hall–Kier alpha value is -1.52. The molecule has 0 atom stereocenters. The molecule has 1 saturated carbocycles. The number of hydrogen-bond donors (Lipinski definition) is 2. The van der Waals surface area contributed by atoms with Gasteiger partial charge in [0.2, 0.25) is 5.91 Å². The van der Waals surface area contributed by atoms with Crippen molar-refractivity contribution in [3.63, 3.8) is 0 Å². The van der Waals surface area contributed by atoms with E-state index in [-0.39, 0.29) is 12.5 Å². The molecule has 0 bridgehead atoms. The predicted octanol–water partition coefficient (Wildman–Crippen LogP) is 4.20. The number of benzene rings is 1. The molecule has 0 aliphatic heterocycles. The molecule has 2 aromatic rings. The van der Waals surface area contributed by atoms with Crippen molar-refractivity contribution in [2.75, 3.05) is 11.9 Å². The lowest BCUT2D eigenvalue weighted by atomic mass is 9.87. The normalized spacial score (nSPS) is 15.9. The first-order chi connectivity index (χ1) is 11.2. The molecule has 0 unspecified atom stereocenters. The number of fused-ring (bicyclic) bond motifs is 1. The van der Waals surface area contributed by atoms with Crippen LogP contribution in [0.25, 0.3) is 10.9 Å². The molecule has 1 aromatic carbocycles. The highest BCUT2D eigenvalue weighted by molar-refractivity contribution is 6.36. The van der Waals surface area contributed by atoms with E-state index in [1.807, 2.05) is 29.0 Å². The van der Waals surface area contributed by atoms with E-state index in [1.165, 1.54) is 19.3 Å². The van der Waals surface area contributed by atoms with Gasteiger partial charge in [-0.3, -0.25) is 4.79 Å². The molecule has 1 amide bonds. The van der Waals surface area contributed by atoms with Crippen LogP contribution in [0.1, 0.15) is 38.5 Å². The zero-order valence-corrected chi connectivity index (χ0v) is 14.0. The molecule has 3 rings (SSSR count). The van der Waals surface area contributed by atoms with Crippen molar-refractivity contribution in [1.29, 1.82) is 0 Å². The largest absolute Gasteiger partial charge is 0.395 e. The number of amides is 1. The molecule has 23 heavy (non-hydrogen) atoms. The van der Waals surface area contributed by atoms with Crippen molar-refractivity contribution in [1.82, 2.24) is 4.57 Å². The standard InChI is InChI=1S/C18H23ClN2O2/c19-14-7-4-8-16-18(14)15(12-21(16)9-10-22)20-17(23)11-13-5-2-1-3-6-13/h4,7-8,12-13,22H,1-3,5-6,9-11H2,(H,20,23). The van der Waals surface area contributed by atoms with E-state index in [4.69, 9.17) is 11.6 Å². The molecule has 0 radical (unpaired) electrons. The van der Waals surface area contributed by atoms with Gasteiger partial charge in [0, 0.05) is 24.5 Å². The molecule has 1 aliphatic carbocycles. The summed E-state index contributed by atoms with van der Waals surface area (Å²) in [6.45, 7) is 0.529. The predicted molar refractivity (Wildman–Crippen MR) is 93.9 cm³/mol. The molecule has 2 N–H and O–H groups in total.